The van der Waals surface area contributed by atoms with E-state index in [1.54, 1.807) is 12.1 Å². The number of hydrogen-bond acceptors (Lipinski definition) is 4. The molecule has 98 valence electrons. The van der Waals surface area contributed by atoms with Crippen molar-refractivity contribution in [2.24, 2.45) is 0 Å². The Kier molecular flexibility index (Phi) is 3.61. The van der Waals surface area contributed by atoms with Gasteiger partial charge >= 0.3 is 0 Å². The van der Waals surface area contributed by atoms with Crippen molar-refractivity contribution in [1.29, 1.82) is 0 Å². The molecule has 19 heavy (non-hydrogen) atoms. The van der Waals surface area contributed by atoms with Crippen LogP contribution in [0.1, 0.15) is 16.1 Å². The summed E-state index contributed by atoms with van der Waals surface area (Å²) in [7, 11) is 1.53. The minimum absolute atomic E-state index is 0.128. The summed E-state index contributed by atoms with van der Waals surface area (Å²) < 4.78 is 5.16. The van der Waals surface area contributed by atoms with Crippen molar-refractivity contribution in [2.75, 3.05) is 12.4 Å². The molecule has 1 amide bonds. The van der Waals surface area contributed by atoms with Gasteiger partial charge in [-0.1, -0.05) is 6.07 Å². The van der Waals surface area contributed by atoms with Gasteiger partial charge in [-0.3, -0.25) is 9.59 Å². The molecule has 1 aromatic carbocycles. The molecule has 0 aliphatic carbocycles. The van der Waals surface area contributed by atoms with Crippen LogP contribution in [0.5, 0.6) is 5.75 Å². The molecule has 0 aliphatic heterocycles. The molecule has 0 fully saturated rings. The lowest BCUT2D eigenvalue weighted by Gasteiger charge is -2.10. The largest absolute Gasteiger partial charge is 0.495 e. The topological polar surface area (TPSA) is 84.1 Å². The average Bonchev–Trinajstić information content (AvgIpc) is 2.39. The number of aromatic nitrogens is 2. The molecular formula is C13H13N3O3. The standard InChI is InChI=1S/C13H13N3O3/c1-8-3-5-11(19-2)10(7-8)14-13(18)9-4-6-12(17)16-15-9/h3-7H,1-2H3,(H,14,18)(H,16,17). The van der Waals surface area contributed by atoms with Crippen LogP contribution in [-0.4, -0.2) is 23.2 Å². The summed E-state index contributed by atoms with van der Waals surface area (Å²) >= 11 is 0. The first kappa shape index (κ1) is 12.8. The van der Waals surface area contributed by atoms with Gasteiger partial charge in [0.2, 0.25) is 0 Å². The van der Waals surface area contributed by atoms with Crippen molar-refractivity contribution in [2.45, 2.75) is 6.92 Å². The van der Waals surface area contributed by atoms with E-state index in [1.807, 2.05) is 13.0 Å². The molecule has 1 heterocycles. The second kappa shape index (κ2) is 5.34. The van der Waals surface area contributed by atoms with Crippen molar-refractivity contribution in [3.8, 4) is 5.75 Å². The zero-order valence-corrected chi connectivity index (χ0v) is 10.6. The van der Waals surface area contributed by atoms with Crippen molar-refractivity contribution in [1.82, 2.24) is 10.2 Å². The molecule has 2 N–H and O–H groups in total. The molecule has 6 heteroatoms. The Morgan fingerprint density at radius 1 is 1.32 bits per heavy atom. The van der Waals surface area contributed by atoms with E-state index < -0.39 is 5.91 Å². The number of aryl methyl sites for hydroxylation is 1. The second-order valence-corrected chi connectivity index (χ2v) is 3.96. The summed E-state index contributed by atoms with van der Waals surface area (Å²) in [6, 6.07) is 8.05. The smallest absolute Gasteiger partial charge is 0.276 e. The average molecular weight is 259 g/mol. The molecule has 0 bridgehead atoms. The Balaban J connectivity index is 2.25. The van der Waals surface area contributed by atoms with Crippen LogP contribution in [-0.2, 0) is 0 Å². The highest BCUT2D eigenvalue weighted by atomic mass is 16.5. The highest BCUT2D eigenvalue weighted by molar-refractivity contribution is 6.03. The number of rotatable bonds is 3. The molecule has 0 radical (unpaired) electrons. The fraction of sp³-hybridized carbons (Fsp3) is 0.154. The van der Waals surface area contributed by atoms with E-state index in [4.69, 9.17) is 4.74 Å². The maximum absolute atomic E-state index is 12.0. The number of H-pyrrole nitrogens is 1. The molecule has 0 spiro atoms. The number of ether oxygens (including phenoxy) is 1. The van der Waals surface area contributed by atoms with E-state index in [-0.39, 0.29) is 11.3 Å². The number of carbonyl (C=O) groups is 1. The van der Waals surface area contributed by atoms with Crippen molar-refractivity contribution in [3.63, 3.8) is 0 Å². The highest BCUT2D eigenvalue weighted by Gasteiger charge is 2.11. The zero-order valence-electron chi connectivity index (χ0n) is 10.6. The maximum Gasteiger partial charge on any atom is 0.276 e. The van der Waals surface area contributed by atoms with Crippen LogP contribution in [0, 0.1) is 6.92 Å². The van der Waals surface area contributed by atoms with Gasteiger partial charge in [0, 0.05) is 6.07 Å². The fourth-order valence-electron chi connectivity index (χ4n) is 1.58. The van der Waals surface area contributed by atoms with E-state index >= 15 is 0 Å². The third-order valence-corrected chi connectivity index (χ3v) is 2.51. The van der Waals surface area contributed by atoms with Gasteiger partial charge in [0.15, 0.2) is 0 Å². The third-order valence-electron chi connectivity index (χ3n) is 2.51. The van der Waals surface area contributed by atoms with E-state index in [9.17, 15) is 9.59 Å². The first-order chi connectivity index (χ1) is 9.10. The Labute approximate surface area is 109 Å². The molecule has 6 nitrogen and oxygen atoms in total. The number of carbonyl (C=O) groups excluding carboxylic acids is 1. The number of anilines is 1. The number of amides is 1. The molecular weight excluding hydrogens is 246 g/mol. The van der Waals surface area contributed by atoms with Gasteiger partial charge < -0.3 is 10.1 Å². The van der Waals surface area contributed by atoms with Crippen molar-refractivity contribution in [3.05, 3.63) is 51.9 Å². The Morgan fingerprint density at radius 2 is 2.11 bits per heavy atom. The maximum atomic E-state index is 12.0. The first-order valence-electron chi connectivity index (χ1n) is 5.62. The lowest BCUT2D eigenvalue weighted by Crippen LogP contribution is -2.17. The molecule has 2 aromatic rings. The van der Waals surface area contributed by atoms with Gasteiger partial charge in [0.25, 0.3) is 11.5 Å². The van der Waals surface area contributed by atoms with Gasteiger partial charge in [-0.15, -0.1) is 0 Å². The van der Waals surface area contributed by atoms with Gasteiger partial charge in [0.05, 0.1) is 12.8 Å². The number of nitrogens with zero attached hydrogens (tertiary/aromatic N) is 1. The lowest BCUT2D eigenvalue weighted by atomic mass is 10.2. The number of aromatic amines is 1. The van der Waals surface area contributed by atoms with Crippen molar-refractivity contribution >= 4 is 11.6 Å². The second-order valence-electron chi connectivity index (χ2n) is 3.96. The first-order valence-corrected chi connectivity index (χ1v) is 5.62. The van der Waals surface area contributed by atoms with Crippen molar-refractivity contribution < 1.29 is 9.53 Å². The lowest BCUT2D eigenvalue weighted by molar-refractivity contribution is 0.102. The Morgan fingerprint density at radius 3 is 2.74 bits per heavy atom. The van der Waals surface area contributed by atoms with E-state index in [0.29, 0.717) is 11.4 Å². The monoisotopic (exact) mass is 259 g/mol. The van der Waals surface area contributed by atoms with Gasteiger partial charge in [-0.05, 0) is 30.7 Å². The predicted molar refractivity (Wildman–Crippen MR) is 70.5 cm³/mol. The third kappa shape index (κ3) is 2.98. The zero-order chi connectivity index (χ0) is 13.8. The van der Waals surface area contributed by atoms with Crippen LogP contribution in [0.2, 0.25) is 0 Å². The van der Waals surface area contributed by atoms with Gasteiger partial charge in [0.1, 0.15) is 11.4 Å². The minimum Gasteiger partial charge on any atom is -0.495 e. The van der Waals surface area contributed by atoms with Gasteiger partial charge in [-0.2, -0.15) is 5.10 Å². The Bertz CT molecular complexity index is 644. The van der Waals surface area contributed by atoms with Crippen LogP contribution in [0.3, 0.4) is 0 Å². The molecule has 2 rings (SSSR count). The molecule has 0 atom stereocenters. The number of hydrogen-bond donors (Lipinski definition) is 2. The van der Waals surface area contributed by atoms with Crippen LogP contribution in [0.25, 0.3) is 0 Å². The molecule has 0 saturated heterocycles. The van der Waals surface area contributed by atoms with E-state index in [2.05, 4.69) is 15.5 Å². The van der Waals surface area contributed by atoms with E-state index in [1.165, 1.54) is 19.2 Å². The molecule has 0 aliphatic rings. The van der Waals surface area contributed by atoms with Gasteiger partial charge in [-0.25, -0.2) is 5.10 Å². The summed E-state index contributed by atoms with van der Waals surface area (Å²) in [6.45, 7) is 1.91. The SMILES string of the molecule is COc1ccc(C)cc1NC(=O)c1ccc(=O)[nH]n1. The molecule has 0 saturated carbocycles. The summed E-state index contributed by atoms with van der Waals surface area (Å²) in [4.78, 5) is 22.8. The number of benzene rings is 1. The normalized spacial score (nSPS) is 10.0. The van der Waals surface area contributed by atoms with Crippen LogP contribution in [0.4, 0.5) is 5.69 Å². The van der Waals surface area contributed by atoms with Crippen LogP contribution >= 0.6 is 0 Å². The number of methoxy groups -OCH3 is 1. The summed E-state index contributed by atoms with van der Waals surface area (Å²) in [6.07, 6.45) is 0. The minimum atomic E-state index is -0.417. The van der Waals surface area contributed by atoms with Crippen LogP contribution < -0.4 is 15.6 Å². The quantitative estimate of drug-likeness (QED) is 0.871. The van der Waals surface area contributed by atoms with Crippen LogP contribution in [0.15, 0.2) is 35.1 Å². The highest BCUT2D eigenvalue weighted by Crippen LogP contribution is 2.25. The molecule has 0 unspecified atom stereocenters. The predicted octanol–water partition coefficient (Wildman–Crippen LogP) is 1.34. The van der Waals surface area contributed by atoms with E-state index in [0.717, 1.165) is 5.56 Å². The number of nitrogens with one attached hydrogen (secondary N) is 2. The fourth-order valence-corrected chi connectivity index (χ4v) is 1.58. The summed E-state index contributed by atoms with van der Waals surface area (Å²) in [5.74, 6) is 0.142. The summed E-state index contributed by atoms with van der Waals surface area (Å²) in [5, 5.41) is 8.56. The Hall–Kier alpha value is -2.63. The molecule has 1 aromatic heterocycles. The summed E-state index contributed by atoms with van der Waals surface area (Å²) in [5.41, 5.74) is 1.32.